The van der Waals surface area contributed by atoms with E-state index in [1.807, 2.05) is 0 Å². The lowest BCUT2D eigenvalue weighted by Gasteiger charge is -2.33. The van der Waals surface area contributed by atoms with Gasteiger partial charge in [-0.1, -0.05) is 0 Å². The number of thioether (sulfide) groups is 2. The predicted molar refractivity (Wildman–Crippen MR) is 94.2 cm³/mol. The van der Waals surface area contributed by atoms with Crippen molar-refractivity contribution in [3.63, 3.8) is 0 Å². The number of hydrogen-bond donors (Lipinski definition) is 4. The zero-order valence-electron chi connectivity index (χ0n) is 13.6. The second-order valence-electron chi connectivity index (χ2n) is 5.59. The third-order valence-corrected chi connectivity index (χ3v) is 5.55. The quantitative estimate of drug-likeness (QED) is 0.246. The van der Waals surface area contributed by atoms with E-state index in [9.17, 15) is 29.4 Å². The second-order valence-corrected chi connectivity index (χ2v) is 7.42. The van der Waals surface area contributed by atoms with E-state index in [0.717, 1.165) is 0 Å². The summed E-state index contributed by atoms with van der Waals surface area (Å²) in [6.45, 7) is 0. The highest BCUT2D eigenvalue weighted by Crippen LogP contribution is 2.29. The lowest BCUT2D eigenvalue weighted by Crippen LogP contribution is -2.58. The van der Waals surface area contributed by atoms with E-state index in [1.54, 1.807) is 12.5 Å². The predicted octanol–water partition coefficient (Wildman–Crippen LogP) is -0.313. The van der Waals surface area contributed by atoms with Gasteiger partial charge in [0.2, 0.25) is 0 Å². The monoisotopic (exact) mass is 380 g/mol. The van der Waals surface area contributed by atoms with E-state index >= 15 is 0 Å². The van der Waals surface area contributed by atoms with E-state index in [4.69, 9.17) is 11.5 Å². The number of nitrogens with two attached hydrogens (primary N) is 2. The molecule has 0 saturated heterocycles. The van der Waals surface area contributed by atoms with Gasteiger partial charge in [0, 0.05) is 11.8 Å². The number of aliphatic carboxylic acids is 2. The maximum absolute atomic E-state index is 11.4. The van der Waals surface area contributed by atoms with Gasteiger partial charge in [-0.05, 0) is 36.9 Å². The molecule has 0 amide bonds. The highest BCUT2D eigenvalue weighted by Gasteiger charge is 2.45. The fraction of sp³-hybridized carbons (Fsp3) is 0.714. The summed E-state index contributed by atoms with van der Waals surface area (Å²) in [5, 5.41) is 18.5. The zero-order valence-corrected chi connectivity index (χ0v) is 15.3. The molecule has 8 nitrogen and oxygen atoms in total. The third kappa shape index (κ3) is 5.20. The molecule has 0 fully saturated rings. The number of carboxylic acid groups (broad SMARTS) is 2. The van der Waals surface area contributed by atoms with Crippen molar-refractivity contribution in [2.45, 2.75) is 23.9 Å². The van der Waals surface area contributed by atoms with Crippen molar-refractivity contribution in [3.05, 3.63) is 0 Å². The summed E-state index contributed by atoms with van der Waals surface area (Å²) >= 11 is 2.66. The van der Waals surface area contributed by atoms with Gasteiger partial charge in [0.05, 0.1) is 0 Å². The van der Waals surface area contributed by atoms with Gasteiger partial charge in [0.25, 0.3) is 0 Å². The van der Waals surface area contributed by atoms with Crippen LogP contribution in [0, 0.1) is 11.8 Å². The smallest absolute Gasteiger partial charge is 0.331 e. The van der Waals surface area contributed by atoms with Crippen molar-refractivity contribution in [2.75, 3.05) is 24.0 Å². The fourth-order valence-electron chi connectivity index (χ4n) is 2.37. The van der Waals surface area contributed by atoms with Gasteiger partial charge in [0.1, 0.15) is 0 Å². The highest BCUT2D eigenvalue weighted by atomic mass is 32.2. The summed E-state index contributed by atoms with van der Waals surface area (Å²) in [6, 6.07) is 0. The van der Waals surface area contributed by atoms with Crippen molar-refractivity contribution in [1.29, 1.82) is 0 Å². The Morgan fingerprint density at radius 3 is 1.38 bits per heavy atom. The molecule has 6 N–H and O–H groups in total. The number of carbonyl (C=O) groups excluding carboxylic acids is 2. The Labute approximate surface area is 149 Å². The zero-order chi connectivity index (χ0) is 19.0. The van der Waals surface area contributed by atoms with E-state index in [2.05, 4.69) is 0 Å². The molecule has 0 spiro atoms. The molecule has 0 radical (unpaired) electrons. The molecular weight excluding hydrogens is 356 g/mol. The van der Waals surface area contributed by atoms with Crippen LogP contribution >= 0.6 is 23.5 Å². The molecule has 138 valence electrons. The Morgan fingerprint density at radius 2 is 1.21 bits per heavy atom. The van der Waals surface area contributed by atoms with Gasteiger partial charge in [0.15, 0.2) is 23.7 Å². The minimum atomic E-state index is -2.06. The Hall–Kier alpha value is -1.10. The molecule has 0 saturated carbocycles. The molecule has 0 aromatic carbocycles. The lowest BCUT2D eigenvalue weighted by atomic mass is 9.78. The first-order valence-electron chi connectivity index (χ1n) is 7.09. The largest absolute Gasteiger partial charge is 0.480 e. The summed E-state index contributed by atoms with van der Waals surface area (Å²) in [7, 11) is 0. The van der Waals surface area contributed by atoms with Crippen LogP contribution in [0.25, 0.3) is 0 Å². The molecule has 0 aliphatic carbocycles. The summed E-state index contributed by atoms with van der Waals surface area (Å²) in [4.78, 5) is 45.2. The molecule has 2 unspecified atom stereocenters. The van der Waals surface area contributed by atoms with Gasteiger partial charge in [-0.25, -0.2) is 9.59 Å². The molecule has 0 bridgehead atoms. The topological polar surface area (TPSA) is 161 Å². The molecule has 10 heteroatoms. The fourth-order valence-corrected chi connectivity index (χ4v) is 4.06. The average Bonchev–Trinajstić information content (AvgIpc) is 2.55. The Bertz CT molecular complexity index is 436. The summed E-state index contributed by atoms with van der Waals surface area (Å²) in [6.07, 6.45) is 4.21. The van der Waals surface area contributed by atoms with E-state index in [1.165, 1.54) is 23.5 Å². The summed E-state index contributed by atoms with van der Waals surface area (Å²) < 4.78 is 0. The molecule has 0 heterocycles. The molecule has 0 rings (SSSR count). The molecule has 0 aromatic heterocycles. The van der Waals surface area contributed by atoms with Crippen molar-refractivity contribution in [2.24, 2.45) is 23.3 Å². The Morgan fingerprint density at radius 1 is 0.917 bits per heavy atom. The van der Waals surface area contributed by atoms with Crippen LogP contribution in [-0.2, 0) is 19.2 Å². The van der Waals surface area contributed by atoms with Gasteiger partial charge in [-0.15, -0.1) is 0 Å². The van der Waals surface area contributed by atoms with Crippen LogP contribution in [0.1, 0.15) is 12.8 Å². The van der Waals surface area contributed by atoms with Crippen molar-refractivity contribution < 1.29 is 29.4 Å². The molecule has 0 aliphatic heterocycles. The van der Waals surface area contributed by atoms with E-state index < -0.39 is 34.9 Å². The first-order chi connectivity index (χ1) is 11.1. The number of hydrogen-bond acceptors (Lipinski definition) is 8. The van der Waals surface area contributed by atoms with Crippen LogP contribution in [0.4, 0.5) is 0 Å². The van der Waals surface area contributed by atoms with Crippen LogP contribution < -0.4 is 11.5 Å². The van der Waals surface area contributed by atoms with Crippen molar-refractivity contribution in [3.8, 4) is 0 Å². The molecule has 24 heavy (non-hydrogen) atoms. The first-order valence-corrected chi connectivity index (χ1v) is 9.87. The number of rotatable bonds is 13. The highest BCUT2D eigenvalue weighted by molar-refractivity contribution is 7.98. The van der Waals surface area contributed by atoms with Crippen LogP contribution in [0.15, 0.2) is 0 Å². The van der Waals surface area contributed by atoms with Gasteiger partial charge in [-0.2, -0.15) is 23.5 Å². The second kappa shape index (κ2) is 10.0. The van der Waals surface area contributed by atoms with Gasteiger partial charge < -0.3 is 31.3 Å². The Kier molecular flexibility index (Phi) is 9.56. The van der Waals surface area contributed by atoms with Crippen LogP contribution in [-0.4, -0.2) is 69.8 Å². The molecule has 4 atom stereocenters. The van der Waals surface area contributed by atoms with Crippen LogP contribution in [0.2, 0.25) is 0 Å². The van der Waals surface area contributed by atoms with Crippen molar-refractivity contribution >= 4 is 48.0 Å². The van der Waals surface area contributed by atoms with Crippen molar-refractivity contribution in [1.82, 2.24) is 0 Å². The van der Waals surface area contributed by atoms with E-state index in [0.29, 0.717) is 11.5 Å². The summed E-state index contributed by atoms with van der Waals surface area (Å²) in [5.41, 5.74) is 7.34. The first kappa shape index (κ1) is 22.9. The minimum Gasteiger partial charge on any atom is -0.480 e. The molecular formula is C14H24N2O6S2. The van der Waals surface area contributed by atoms with Crippen LogP contribution in [0.5, 0.6) is 0 Å². The van der Waals surface area contributed by atoms with Gasteiger partial charge in [-0.3, -0.25) is 0 Å². The molecule has 0 aliphatic rings. The average molecular weight is 380 g/mol. The number of aldehydes is 2. The van der Waals surface area contributed by atoms with Gasteiger partial charge >= 0.3 is 11.9 Å². The normalized spacial score (nSPS) is 18.7. The molecule has 0 aromatic rings. The maximum atomic E-state index is 11.4. The third-order valence-electron chi connectivity index (χ3n) is 4.08. The summed E-state index contributed by atoms with van der Waals surface area (Å²) in [5.74, 6) is -3.69. The minimum absolute atomic E-state index is 0.160. The maximum Gasteiger partial charge on any atom is 0.331 e. The standard InChI is InChI=1S/C14H24N2O6S2/c1-23-5-9(13(15,7-17)11(19)20)3-4-10(6-24-2)14(16,8-18)12(21)22/h7-10H,3-6,15-16H2,1-2H3,(H,19,20)(H,21,22)/t9?,10?,13-,14-/m0/s1. The Balaban J connectivity index is 5.42. The SMILES string of the molecule is CSCC(CCC(CSC)[C@@](N)(C=O)C(=O)O)[C@@](N)(C=O)C(=O)O. The number of carbonyl (C=O) groups is 4. The lowest BCUT2D eigenvalue weighted by molar-refractivity contribution is -0.150. The number of carboxylic acids is 2. The van der Waals surface area contributed by atoms with E-state index in [-0.39, 0.29) is 25.4 Å². The van der Waals surface area contributed by atoms with Crippen LogP contribution in [0.3, 0.4) is 0 Å².